The SMILES string of the molecule is CCN1C(=O)/C(=C/c2ccncc2)SC1=Nc1ccc(O)cc1. The molecule has 116 valence electrons. The molecule has 2 aromatic rings. The molecular weight excluding hydrogens is 310 g/mol. The summed E-state index contributed by atoms with van der Waals surface area (Å²) in [6, 6.07) is 10.3. The maximum absolute atomic E-state index is 12.5. The van der Waals surface area contributed by atoms with Gasteiger partial charge in [-0.15, -0.1) is 0 Å². The van der Waals surface area contributed by atoms with Crippen molar-refractivity contribution in [2.45, 2.75) is 6.92 Å². The van der Waals surface area contributed by atoms with Gasteiger partial charge in [0.15, 0.2) is 5.17 Å². The third-order valence-electron chi connectivity index (χ3n) is 3.28. The van der Waals surface area contributed by atoms with E-state index in [9.17, 15) is 9.90 Å². The molecule has 5 nitrogen and oxygen atoms in total. The number of benzene rings is 1. The van der Waals surface area contributed by atoms with Gasteiger partial charge in [0.1, 0.15) is 5.75 Å². The van der Waals surface area contributed by atoms with Crippen LogP contribution in [0.5, 0.6) is 5.75 Å². The Morgan fingerprint density at radius 1 is 1.22 bits per heavy atom. The number of carbonyl (C=O) groups excluding carboxylic acids is 1. The van der Waals surface area contributed by atoms with Crippen LogP contribution in [0.3, 0.4) is 0 Å². The number of likely N-dealkylation sites (N-methyl/N-ethyl adjacent to an activating group) is 1. The number of aliphatic imine (C=N–C) groups is 1. The average molecular weight is 325 g/mol. The molecule has 0 radical (unpaired) electrons. The fraction of sp³-hybridized carbons (Fsp3) is 0.118. The lowest BCUT2D eigenvalue weighted by Gasteiger charge is -2.11. The first-order valence-electron chi connectivity index (χ1n) is 7.16. The Morgan fingerprint density at radius 2 is 1.91 bits per heavy atom. The molecule has 0 unspecified atom stereocenters. The minimum absolute atomic E-state index is 0.0492. The highest BCUT2D eigenvalue weighted by Crippen LogP contribution is 2.34. The fourth-order valence-corrected chi connectivity index (χ4v) is 3.18. The van der Waals surface area contributed by atoms with Crippen LogP contribution in [-0.2, 0) is 4.79 Å². The summed E-state index contributed by atoms with van der Waals surface area (Å²) in [6.07, 6.45) is 5.23. The van der Waals surface area contributed by atoms with Crippen LogP contribution in [0.4, 0.5) is 5.69 Å². The number of phenols is 1. The van der Waals surface area contributed by atoms with Crippen molar-refractivity contribution in [1.82, 2.24) is 9.88 Å². The van der Waals surface area contributed by atoms with E-state index in [0.717, 1.165) is 5.56 Å². The topological polar surface area (TPSA) is 65.8 Å². The predicted molar refractivity (Wildman–Crippen MR) is 92.4 cm³/mol. The number of hydrogen-bond donors (Lipinski definition) is 1. The molecule has 1 aliphatic heterocycles. The number of phenolic OH excluding ortho intramolecular Hbond substituents is 1. The van der Waals surface area contributed by atoms with E-state index in [1.54, 1.807) is 41.6 Å². The fourth-order valence-electron chi connectivity index (χ4n) is 2.12. The molecule has 1 aromatic carbocycles. The third kappa shape index (κ3) is 3.43. The Labute approximate surface area is 138 Å². The lowest BCUT2D eigenvalue weighted by Crippen LogP contribution is -2.28. The average Bonchev–Trinajstić information content (AvgIpc) is 2.85. The quantitative estimate of drug-likeness (QED) is 0.878. The molecule has 1 amide bonds. The number of amidine groups is 1. The summed E-state index contributed by atoms with van der Waals surface area (Å²) < 4.78 is 0. The number of aromatic nitrogens is 1. The van der Waals surface area contributed by atoms with E-state index in [1.165, 1.54) is 11.8 Å². The molecule has 0 bridgehead atoms. The highest BCUT2D eigenvalue weighted by Gasteiger charge is 2.32. The van der Waals surface area contributed by atoms with E-state index in [-0.39, 0.29) is 11.7 Å². The van der Waals surface area contributed by atoms with Gasteiger partial charge >= 0.3 is 0 Å². The molecule has 1 saturated heterocycles. The van der Waals surface area contributed by atoms with Crippen molar-refractivity contribution in [2.75, 3.05) is 6.54 Å². The molecule has 0 saturated carbocycles. The maximum atomic E-state index is 12.5. The minimum Gasteiger partial charge on any atom is -0.508 e. The summed E-state index contributed by atoms with van der Waals surface area (Å²) in [4.78, 5) is 23.3. The van der Waals surface area contributed by atoms with Gasteiger partial charge in [0.2, 0.25) is 0 Å². The summed E-state index contributed by atoms with van der Waals surface area (Å²) in [7, 11) is 0. The Hall–Kier alpha value is -2.60. The molecule has 0 atom stereocenters. The summed E-state index contributed by atoms with van der Waals surface area (Å²) >= 11 is 1.35. The second-order valence-electron chi connectivity index (χ2n) is 4.85. The van der Waals surface area contributed by atoms with Gasteiger partial charge in [0, 0.05) is 18.9 Å². The minimum atomic E-state index is -0.0492. The highest BCUT2D eigenvalue weighted by molar-refractivity contribution is 8.18. The van der Waals surface area contributed by atoms with Gasteiger partial charge in [-0.05, 0) is 66.7 Å². The first kappa shape index (κ1) is 15.3. The molecule has 23 heavy (non-hydrogen) atoms. The highest BCUT2D eigenvalue weighted by atomic mass is 32.2. The molecule has 0 aliphatic carbocycles. The molecule has 1 N–H and O–H groups in total. The van der Waals surface area contributed by atoms with Gasteiger partial charge in [0.25, 0.3) is 5.91 Å². The van der Waals surface area contributed by atoms with Crippen molar-refractivity contribution >= 4 is 34.6 Å². The number of amides is 1. The van der Waals surface area contributed by atoms with Crippen molar-refractivity contribution in [3.05, 3.63) is 59.3 Å². The predicted octanol–water partition coefficient (Wildman–Crippen LogP) is 3.41. The Kier molecular flexibility index (Phi) is 4.43. The van der Waals surface area contributed by atoms with E-state index < -0.39 is 0 Å². The van der Waals surface area contributed by atoms with Gasteiger partial charge < -0.3 is 5.11 Å². The molecule has 3 rings (SSSR count). The molecule has 0 spiro atoms. The van der Waals surface area contributed by atoms with Crippen molar-refractivity contribution in [2.24, 2.45) is 4.99 Å². The largest absolute Gasteiger partial charge is 0.508 e. The standard InChI is InChI=1S/C17H15N3O2S/c1-2-20-16(22)15(11-12-7-9-18-10-8-12)23-17(20)19-13-3-5-14(21)6-4-13/h3-11,21H,2H2,1H3/b15-11-,19-17?. The normalized spacial score (nSPS) is 18.1. The number of carbonyl (C=O) groups is 1. The zero-order valence-corrected chi connectivity index (χ0v) is 13.3. The second-order valence-corrected chi connectivity index (χ2v) is 5.86. The number of pyridine rings is 1. The van der Waals surface area contributed by atoms with Gasteiger partial charge in [-0.3, -0.25) is 14.7 Å². The number of rotatable bonds is 3. The zero-order valence-electron chi connectivity index (χ0n) is 12.5. The second kappa shape index (κ2) is 6.66. The molecule has 6 heteroatoms. The number of thioether (sulfide) groups is 1. The third-order valence-corrected chi connectivity index (χ3v) is 4.29. The molecular formula is C17H15N3O2S. The first-order chi connectivity index (χ1) is 11.2. The summed E-state index contributed by atoms with van der Waals surface area (Å²) in [5.74, 6) is 0.140. The Morgan fingerprint density at radius 3 is 2.57 bits per heavy atom. The number of hydrogen-bond acceptors (Lipinski definition) is 5. The van der Waals surface area contributed by atoms with Crippen molar-refractivity contribution in [1.29, 1.82) is 0 Å². The molecule has 2 heterocycles. The van der Waals surface area contributed by atoms with E-state index in [1.807, 2.05) is 25.1 Å². The van der Waals surface area contributed by atoms with Gasteiger partial charge in [-0.25, -0.2) is 4.99 Å². The monoisotopic (exact) mass is 325 g/mol. The van der Waals surface area contributed by atoms with Crippen LogP contribution in [0, 0.1) is 0 Å². The van der Waals surface area contributed by atoms with E-state index in [4.69, 9.17) is 0 Å². The number of nitrogens with zero attached hydrogens (tertiary/aromatic N) is 3. The lowest BCUT2D eigenvalue weighted by molar-refractivity contribution is -0.122. The van der Waals surface area contributed by atoms with Crippen LogP contribution in [-0.4, -0.2) is 32.6 Å². The lowest BCUT2D eigenvalue weighted by atomic mass is 10.2. The van der Waals surface area contributed by atoms with Gasteiger partial charge in [-0.2, -0.15) is 0 Å². The molecule has 1 aromatic heterocycles. The summed E-state index contributed by atoms with van der Waals surface area (Å²) in [5, 5.41) is 9.97. The summed E-state index contributed by atoms with van der Waals surface area (Å²) in [6.45, 7) is 2.47. The summed E-state index contributed by atoms with van der Waals surface area (Å²) in [5.41, 5.74) is 1.62. The van der Waals surface area contributed by atoms with Crippen molar-refractivity contribution in [3.8, 4) is 5.75 Å². The van der Waals surface area contributed by atoms with Crippen molar-refractivity contribution < 1.29 is 9.90 Å². The van der Waals surface area contributed by atoms with Crippen LogP contribution in [0.2, 0.25) is 0 Å². The van der Waals surface area contributed by atoms with Crippen LogP contribution < -0.4 is 0 Å². The van der Waals surface area contributed by atoms with Crippen LogP contribution in [0.1, 0.15) is 12.5 Å². The van der Waals surface area contributed by atoms with Crippen LogP contribution in [0.25, 0.3) is 6.08 Å². The maximum Gasteiger partial charge on any atom is 0.266 e. The van der Waals surface area contributed by atoms with Crippen LogP contribution in [0.15, 0.2) is 58.7 Å². The number of aromatic hydroxyl groups is 1. The zero-order chi connectivity index (χ0) is 16.2. The van der Waals surface area contributed by atoms with E-state index >= 15 is 0 Å². The smallest absolute Gasteiger partial charge is 0.266 e. The molecule has 1 fully saturated rings. The van der Waals surface area contributed by atoms with E-state index in [2.05, 4.69) is 9.98 Å². The van der Waals surface area contributed by atoms with Crippen molar-refractivity contribution in [3.63, 3.8) is 0 Å². The Balaban J connectivity index is 1.91. The molecule has 1 aliphatic rings. The Bertz CT molecular complexity index is 770. The first-order valence-corrected chi connectivity index (χ1v) is 7.98. The van der Waals surface area contributed by atoms with Gasteiger partial charge in [-0.1, -0.05) is 0 Å². The van der Waals surface area contributed by atoms with Gasteiger partial charge in [0.05, 0.1) is 10.6 Å². The van der Waals surface area contributed by atoms with Crippen LogP contribution >= 0.6 is 11.8 Å². The van der Waals surface area contributed by atoms with E-state index in [0.29, 0.717) is 22.3 Å².